The van der Waals surface area contributed by atoms with E-state index in [2.05, 4.69) is 22.7 Å². The van der Waals surface area contributed by atoms with E-state index in [0.717, 1.165) is 25.1 Å². The first-order valence-corrected chi connectivity index (χ1v) is 7.59. The highest BCUT2D eigenvalue weighted by atomic mass is 16.5. The molecule has 0 saturated carbocycles. The Morgan fingerprint density at radius 1 is 1.23 bits per heavy atom. The molecule has 0 aliphatic heterocycles. The molecule has 0 aromatic heterocycles. The van der Waals surface area contributed by atoms with Crippen molar-refractivity contribution in [1.29, 1.82) is 0 Å². The molecular formula is C16H26N4O2. The number of aliphatic imine (C=N–C) groups is 1. The highest BCUT2D eigenvalue weighted by Crippen LogP contribution is 2.10. The quantitative estimate of drug-likeness (QED) is 0.266. The predicted octanol–water partition coefficient (Wildman–Crippen LogP) is 2.50. The first-order chi connectivity index (χ1) is 10.6. The number of hydrogen-bond acceptors (Lipinski definition) is 4. The SMILES string of the molecule is CCCCN=C(Nc1ccc(C(=O)OCC)cc1)NN(C)C. The highest BCUT2D eigenvalue weighted by Gasteiger charge is 2.06. The lowest BCUT2D eigenvalue weighted by Gasteiger charge is -2.17. The van der Waals surface area contributed by atoms with Crippen LogP contribution in [0.4, 0.5) is 5.69 Å². The maximum absolute atomic E-state index is 11.6. The van der Waals surface area contributed by atoms with Crippen molar-refractivity contribution in [1.82, 2.24) is 10.4 Å². The Balaban J connectivity index is 2.72. The number of esters is 1. The number of guanidine groups is 1. The van der Waals surface area contributed by atoms with Gasteiger partial charge in [0.15, 0.2) is 0 Å². The average molecular weight is 306 g/mol. The van der Waals surface area contributed by atoms with E-state index < -0.39 is 0 Å². The van der Waals surface area contributed by atoms with Crippen molar-refractivity contribution < 1.29 is 9.53 Å². The summed E-state index contributed by atoms with van der Waals surface area (Å²) in [4.78, 5) is 16.1. The van der Waals surface area contributed by atoms with E-state index in [-0.39, 0.29) is 5.97 Å². The van der Waals surface area contributed by atoms with Crippen molar-refractivity contribution in [2.75, 3.05) is 32.6 Å². The molecule has 1 rings (SSSR count). The van der Waals surface area contributed by atoms with E-state index in [9.17, 15) is 4.79 Å². The van der Waals surface area contributed by atoms with Gasteiger partial charge in [0, 0.05) is 26.3 Å². The Hall–Kier alpha value is -2.08. The molecule has 2 N–H and O–H groups in total. The topological polar surface area (TPSA) is 66.0 Å². The van der Waals surface area contributed by atoms with E-state index in [1.807, 2.05) is 31.2 Å². The zero-order valence-electron chi connectivity index (χ0n) is 13.8. The summed E-state index contributed by atoms with van der Waals surface area (Å²) in [5.74, 6) is 0.375. The van der Waals surface area contributed by atoms with Crippen molar-refractivity contribution in [3.8, 4) is 0 Å². The van der Waals surface area contributed by atoms with Crippen LogP contribution in [-0.2, 0) is 4.74 Å². The van der Waals surface area contributed by atoms with Crippen molar-refractivity contribution >= 4 is 17.6 Å². The predicted molar refractivity (Wildman–Crippen MR) is 90.1 cm³/mol. The first-order valence-electron chi connectivity index (χ1n) is 7.59. The standard InChI is InChI=1S/C16H26N4O2/c1-5-7-12-17-16(19-20(3)4)18-14-10-8-13(9-11-14)15(21)22-6-2/h8-11H,5-7,12H2,1-4H3,(H2,17,18,19). The Bertz CT molecular complexity index is 483. The molecule has 1 aromatic carbocycles. The van der Waals surface area contributed by atoms with Crippen LogP contribution in [0.15, 0.2) is 29.3 Å². The van der Waals surface area contributed by atoms with E-state index in [4.69, 9.17) is 4.74 Å². The molecule has 0 saturated heterocycles. The summed E-state index contributed by atoms with van der Waals surface area (Å²) in [7, 11) is 3.81. The van der Waals surface area contributed by atoms with Crippen LogP contribution in [0, 0.1) is 0 Å². The maximum Gasteiger partial charge on any atom is 0.338 e. The molecule has 122 valence electrons. The zero-order valence-corrected chi connectivity index (χ0v) is 13.8. The van der Waals surface area contributed by atoms with Crippen LogP contribution in [0.3, 0.4) is 0 Å². The average Bonchev–Trinajstić information content (AvgIpc) is 2.48. The number of unbranched alkanes of at least 4 members (excludes halogenated alkanes) is 1. The van der Waals surface area contributed by atoms with Crippen molar-refractivity contribution in [2.24, 2.45) is 4.99 Å². The fourth-order valence-electron chi connectivity index (χ4n) is 1.70. The van der Waals surface area contributed by atoms with Gasteiger partial charge in [-0.1, -0.05) is 13.3 Å². The Morgan fingerprint density at radius 2 is 1.91 bits per heavy atom. The number of ether oxygens (including phenoxy) is 1. The molecule has 0 radical (unpaired) electrons. The van der Waals surface area contributed by atoms with Gasteiger partial charge in [0.2, 0.25) is 5.96 Å². The molecule has 0 spiro atoms. The molecule has 0 aliphatic rings. The minimum absolute atomic E-state index is 0.308. The van der Waals surface area contributed by atoms with Gasteiger partial charge in [-0.2, -0.15) is 0 Å². The second kappa shape index (κ2) is 9.78. The van der Waals surface area contributed by atoms with Crippen LogP contribution in [0.2, 0.25) is 0 Å². The minimum Gasteiger partial charge on any atom is -0.462 e. The molecule has 6 heteroatoms. The van der Waals surface area contributed by atoms with Gasteiger partial charge in [0.1, 0.15) is 0 Å². The number of carbonyl (C=O) groups excluding carboxylic acids is 1. The number of anilines is 1. The van der Waals surface area contributed by atoms with Gasteiger partial charge in [0.05, 0.1) is 12.2 Å². The minimum atomic E-state index is -0.308. The van der Waals surface area contributed by atoms with Crippen LogP contribution in [-0.4, -0.2) is 44.2 Å². The number of hydrogen-bond donors (Lipinski definition) is 2. The Morgan fingerprint density at radius 3 is 2.45 bits per heavy atom. The molecule has 0 unspecified atom stereocenters. The Kier molecular flexibility index (Phi) is 7.99. The first kappa shape index (κ1) is 18.0. The number of rotatable bonds is 7. The summed E-state index contributed by atoms with van der Waals surface area (Å²) in [6.45, 7) is 5.07. The molecular weight excluding hydrogens is 280 g/mol. The molecule has 0 amide bonds. The summed E-state index contributed by atoms with van der Waals surface area (Å²) in [5, 5.41) is 5.04. The van der Waals surface area contributed by atoms with Gasteiger partial charge in [0.25, 0.3) is 0 Å². The second-order valence-electron chi connectivity index (χ2n) is 5.01. The van der Waals surface area contributed by atoms with Gasteiger partial charge in [-0.05, 0) is 37.6 Å². The van der Waals surface area contributed by atoms with Gasteiger partial charge in [-0.25, -0.2) is 9.80 Å². The summed E-state index contributed by atoms with van der Waals surface area (Å²) < 4.78 is 4.96. The van der Waals surface area contributed by atoms with Crippen LogP contribution >= 0.6 is 0 Å². The molecule has 1 aromatic rings. The fourth-order valence-corrected chi connectivity index (χ4v) is 1.70. The van der Waals surface area contributed by atoms with Gasteiger partial charge < -0.3 is 10.1 Å². The van der Waals surface area contributed by atoms with Crippen molar-refractivity contribution in [3.05, 3.63) is 29.8 Å². The number of hydrazine groups is 1. The lowest BCUT2D eigenvalue weighted by Crippen LogP contribution is -2.40. The van der Waals surface area contributed by atoms with E-state index in [0.29, 0.717) is 18.1 Å². The van der Waals surface area contributed by atoms with Gasteiger partial charge >= 0.3 is 5.97 Å². The van der Waals surface area contributed by atoms with Gasteiger partial charge in [-0.3, -0.25) is 10.4 Å². The highest BCUT2D eigenvalue weighted by molar-refractivity contribution is 5.94. The smallest absolute Gasteiger partial charge is 0.338 e. The van der Waals surface area contributed by atoms with Gasteiger partial charge in [-0.15, -0.1) is 0 Å². The van der Waals surface area contributed by atoms with E-state index in [1.54, 1.807) is 19.1 Å². The zero-order chi connectivity index (χ0) is 16.4. The van der Waals surface area contributed by atoms with Crippen molar-refractivity contribution in [2.45, 2.75) is 26.7 Å². The molecule has 0 fully saturated rings. The lowest BCUT2D eigenvalue weighted by atomic mass is 10.2. The normalized spacial score (nSPS) is 11.4. The maximum atomic E-state index is 11.6. The lowest BCUT2D eigenvalue weighted by molar-refractivity contribution is 0.0526. The molecule has 0 bridgehead atoms. The number of benzene rings is 1. The number of nitrogens with one attached hydrogen (secondary N) is 2. The summed E-state index contributed by atoms with van der Waals surface area (Å²) >= 11 is 0. The van der Waals surface area contributed by atoms with Crippen LogP contribution < -0.4 is 10.7 Å². The van der Waals surface area contributed by atoms with Crippen LogP contribution in [0.1, 0.15) is 37.0 Å². The van der Waals surface area contributed by atoms with Crippen molar-refractivity contribution in [3.63, 3.8) is 0 Å². The molecule has 0 aliphatic carbocycles. The summed E-state index contributed by atoms with van der Waals surface area (Å²) in [6.07, 6.45) is 2.15. The van der Waals surface area contributed by atoms with E-state index >= 15 is 0 Å². The fraction of sp³-hybridized carbons (Fsp3) is 0.500. The molecule has 6 nitrogen and oxygen atoms in total. The largest absolute Gasteiger partial charge is 0.462 e. The molecule has 0 heterocycles. The number of carbonyl (C=O) groups is 1. The summed E-state index contributed by atoms with van der Waals surface area (Å²) in [5.41, 5.74) is 4.52. The third-order valence-electron chi connectivity index (χ3n) is 2.77. The summed E-state index contributed by atoms with van der Waals surface area (Å²) in [6, 6.07) is 7.14. The molecule has 22 heavy (non-hydrogen) atoms. The monoisotopic (exact) mass is 306 g/mol. The third-order valence-corrected chi connectivity index (χ3v) is 2.77. The molecule has 0 atom stereocenters. The number of nitrogens with zero attached hydrogens (tertiary/aromatic N) is 2. The van der Waals surface area contributed by atoms with E-state index in [1.165, 1.54) is 0 Å². The van der Waals surface area contributed by atoms with Crippen LogP contribution in [0.25, 0.3) is 0 Å². The Labute approximate surface area is 132 Å². The third kappa shape index (κ3) is 6.58. The van der Waals surface area contributed by atoms with Crippen LogP contribution in [0.5, 0.6) is 0 Å². The second-order valence-corrected chi connectivity index (χ2v) is 5.01.